The molecule has 0 radical (unpaired) electrons. The molecule has 0 spiro atoms. The number of carbonyl (C=O) groups excluding carboxylic acids is 1. The molecule has 0 bridgehead atoms. The Bertz CT molecular complexity index is 535. The number of hydrogen-bond donors (Lipinski definition) is 1. The number of thioether (sulfide) groups is 1. The molecule has 2 amide bonds. The van der Waals surface area contributed by atoms with Gasteiger partial charge in [-0.15, -0.1) is 5.10 Å². The molecule has 3 heterocycles. The van der Waals surface area contributed by atoms with Crippen LogP contribution in [0.15, 0.2) is 6.20 Å². The topological polar surface area (TPSA) is 91.6 Å². The minimum absolute atomic E-state index is 0.0240. The fraction of sp³-hybridized carbons (Fsp3) is 0.667. The normalized spacial score (nSPS) is 20.0. The first kappa shape index (κ1) is 14.2. The molecule has 0 aliphatic carbocycles. The van der Waals surface area contributed by atoms with E-state index >= 15 is 0 Å². The van der Waals surface area contributed by atoms with Gasteiger partial charge in [-0.05, 0) is 12.2 Å². The van der Waals surface area contributed by atoms with Gasteiger partial charge in [0.1, 0.15) is 0 Å². The van der Waals surface area contributed by atoms with Gasteiger partial charge in [-0.25, -0.2) is 14.3 Å². The number of likely N-dealkylation sites (tertiary alicyclic amines) is 1. The molecule has 114 valence electrons. The lowest BCUT2D eigenvalue weighted by Crippen LogP contribution is -2.55. The summed E-state index contributed by atoms with van der Waals surface area (Å²) in [6.45, 7) is 2.74. The highest BCUT2D eigenvalue weighted by Crippen LogP contribution is 2.23. The van der Waals surface area contributed by atoms with E-state index in [2.05, 4.69) is 10.3 Å². The van der Waals surface area contributed by atoms with E-state index in [4.69, 9.17) is 5.11 Å². The van der Waals surface area contributed by atoms with Crippen molar-refractivity contribution in [3.8, 4) is 0 Å². The quantitative estimate of drug-likeness (QED) is 0.849. The number of urea groups is 1. The van der Waals surface area contributed by atoms with Crippen molar-refractivity contribution < 1.29 is 14.7 Å². The van der Waals surface area contributed by atoms with Crippen LogP contribution in [0.25, 0.3) is 0 Å². The second kappa shape index (κ2) is 5.92. The van der Waals surface area contributed by atoms with Gasteiger partial charge in [0.25, 0.3) is 0 Å². The van der Waals surface area contributed by atoms with Gasteiger partial charge in [-0.1, -0.05) is 5.21 Å². The number of carboxylic acid groups (broad SMARTS) is 1. The molecule has 2 fully saturated rings. The SMILES string of the molecule is O=C(O)c1cn(C2CN(C(=O)N3CCCSCC3)C2)nn1. The lowest BCUT2D eigenvalue weighted by Gasteiger charge is -2.41. The van der Waals surface area contributed by atoms with E-state index in [0.717, 1.165) is 31.0 Å². The van der Waals surface area contributed by atoms with Crippen LogP contribution in [0.2, 0.25) is 0 Å². The second-order valence-electron chi connectivity index (χ2n) is 5.18. The molecule has 1 aromatic heterocycles. The molecule has 0 saturated carbocycles. The van der Waals surface area contributed by atoms with E-state index in [-0.39, 0.29) is 17.8 Å². The van der Waals surface area contributed by atoms with Crippen molar-refractivity contribution in [2.45, 2.75) is 12.5 Å². The molecule has 1 aromatic rings. The Morgan fingerprint density at radius 3 is 2.76 bits per heavy atom. The molecular formula is C12H17N5O3S. The van der Waals surface area contributed by atoms with Crippen LogP contribution in [-0.2, 0) is 0 Å². The predicted molar refractivity (Wildman–Crippen MR) is 76.5 cm³/mol. The molecule has 2 aliphatic rings. The first-order valence-electron chi connectivity index (χ1n) is 6.92. The number of carboxylic acids is 1. The minimum Gasteiger partial charge on any atom is -0.476 e. The molecule has 8 nitrogen and oxygen atoms in total. The summed E-state index contributed by atoms with van der Waals surface area (Å²) in [5.74, 6) is 1.02. The maximum atomic E-state index is 12.3. The lowest BCUT2D eigenvalue weighted by atomic mass is 10.1. The Kier molecular flexibility index (Phi) is 4.00. The van der Waals surface area contributed by atoms with Crippen molar-refractivity contribution in [3.05, 3.63) is 11.9 Å². The van der Waals surface area contributed by atoms with Crippen molar-refractivity contribution in [1.82, 2.24) is 24.8 Å². The van der Waals surface area contributed by atoms with Crippen molar-refractivity contribution in [2.75, 3.05) is 37.7 Å². The summed E-state index contributed by atoms with van der Waals surface area (Å²) < 4.78 is 1.53. The summed E-state index contributed by atoms with van der Waals surface area (Å²) >= 11 is 1.89. The summed E-state index contributed by atoms with van der Waals surface area (Å²) in [4.78, 5) is 26.8. The van der Waals surface area contributed by atoms with Crippen molar-refractivity contribution in [3.63, 3.8) is 0 Å². The number of rotatable bonds is 2. The average molecular weight is 311 g/mol. The van der Waals surface area contributed by atoms with E-state index in [1.807, 2.05) is 16.7 Å². The zero-order valence-electron chi connectivity index (χ0n) is 11.5. The molecular weight excluding hydrogens is 294 g/mol. The average Bonchev–Trinajstić information content (AvgIpc) is 2.72. The van der Waals surface area contributed by atoms with Crippen LogP contribution in [0, 0.1) is 0 Å². The van der Waals surface area contributed by atoms with E-state index in [1.165, 1.54) is 10.9 Å². The molecule has 0 atom stereocenters. The third kappa shape index (κ3) is 2.97. The standard InChI is InChI=1S/C12H17N5O3S/c18-11(19)10-8-17(14-13-10)9-6-16(7-9)12(20)15-2-1-4-21-5-3-15/h8-9H,1-7H2,(H,18,19). The van der Waals surface area contributed by atoms with Crippen LogP contribution < -0.4 is 0 Å². The van der Waals surface area contributed by atoms with Gasteiger partial charge in [0, 0.05) is 31.9 Å². The van der Waals surface area contributed by atoms with Gasteiger partial charge in [0.05, 0.1) is 12.2 Å². The first-order valence-corrected chi connectivity index (χ1v) is 8.07. The van der Waals surface area contributed by atoms with Crippen LogP contribution in [0.1, 0.15) is 23.0 Å². The Morgan fingerprint density at radius 1 is 1.24 bits per heavy atom. The van der Waals surface area contributed by atoms with Crippen LogP contribution in [0.4, 0.5) is 4.79 Å². The van der Waals surface area contributed by atoms with Crippen molar-refractivity contribution in [2.24, 2.45) is 0 Å². The maximum Gasteiger partial charge on any atom is 0.358 e. The number of nitrogens with zero attached hydrogens (tertiary/aromatic N) is 5. The number of carbonyl (C=O) groups is 2. The summed E-state index contributed by atoms with van der Waals surface area (Å²) in [6, 6.07) is 0.100. The highest BCUT2D eigenvalue weighted by Gasteiger charge is 2.35. The molecule has 9 heteroatoms. The highest BCUT2D eigenvalue weighted by molar-refractivity contribution is 7.99. The molecule has 0 aromatic carbocycles. The Hall–Kier alpha value is -1.77. The van der Waals surface area contributed by atoms with E-state index in [0.29, 0.717) is 13.1 Å². The minimum atomic E-state index is -1.09. The van der Waals surface area contributed by atoms with Crippen LogP contribution in [0.3, 0.4) is 0 Å². The number of amides is 2. The first-order chi connectivity index (χ1) is 10.1. The van der Waals surface area contributed by atoms with Crippen LogP contribution in [-0.4, -0.2) is 79.6 Å². The zero-order chi connectivity index (χ0) is 14.8. The zero-order valence-corrected chi connectivity index (χ0v) is 12.3. The Labute approximate surface area is 126 Å². The molecule has 2 saturated heterocycles. The number of aromatic carboxylic acids is 1. The van der Waals surface area contributed by atoms with Gasteiger partial charge in [-0.3, -0.25) is 0 Å². The number of aromatic nitrogens is 3. The summed E-state index contributed by atoms with van der Waals surface area (Å²) in [7, 11) is 0. The predicted octanol–water partition coefficient (Wildman–Crippen LogP) is 0.392. The van der Waals surface area contributed by atoms with Crippen molar-refractivity contribution >= 4 is 23.8 Å². The Morgan fingerprint density at radius 2 is 2.05 bits per heavy atom. The summed E-state index contributed by atoms with van der Waals surface area (Å²) in [5, 5.41) is 16.2. The van der Waals surface area contributed by atoms with Gasteiger partial charge in [0.15, 0.2) is 5.69 Å². The van der Waals surface area contributed by atoms with E-state index in [9.17, 15) is 9.59 Å². The largest absolute Gasteiger partial charge is 0.476 e. The van der Waals surface area contributed by atoms with E-state index in [1.54, 1.807) is 4.90 Å². The summed E-state index contributed by atoms with van der Waals surface area (Å²) in [5.41, 5.74) is -0.0654. The van der Waals surface area contributed by atoms with Crippen molar-refractivity contribution in [1.29, 1.82) is 0 Å². The third-order valence-corrected chi connectivity index (χ3v) is 4.78. The van der Waals surface area contributed by atoms with Gasteiger partial charge in [-0.2, -0.15) is 11.8 Å². The monoisotopic (exact) mass is 311 g/mol. The number of hydrogen-bond acceptors (Lipinski definition) is 5. The smallest absolute Gasteiger partial charge is 0.358 e. The van der Waals surface area contributed by atoms with Gasteiger partial charge >= 0.3 is 12.0 Å². The Balaban J connectivity index is 1.54. The fourth-order valence-corrected chi connectivity index (χ4v) is 3.36. The molecule has 1 N–H and O–H groups in total. The van der Waals surface area contributed by atoms with Gasteiger partial charge < -0.3 is 14.9 Å². The molecule has 3 rings (SSSR count). The maximum absolute atomic E-state index is 12.3. The second-order valence-corrected chi connectivity index (χ2v) is 6.41. The molecule has 2 aliphatic heterocycles. The molecule has 21 heavy (non-hydrogen) atoms. The van der Waals surface area contributed by atoms with Crippen LogP contribution in [0.5, 0.6) is 0 Å². The lowest BCUT2D eigenvalue weighted by molar-refractivity contribution is 0.0689. The van der Waals surface area contributed by atoms with Gasteiger partial charge in [0.2, 0.25) is 0 Å². The highest BCUT2D eigenvalue weighted by atomic mass is 32.2. The van der Waals surface area contributed by atoms with Crippen LogP contribution >= 0.6 is 11.8 Å². The summed E-state index contributed by atoms with van der Waals surface area (Å²) in [6.07, 6.45) is 2.45. The fourth-order valence-electron chi connectivity index (χ4n) is 2.47. The van der Waals surface area contributed by atoms with E-state index < -0.39 is 5.97 Å². The third-order valence-electron chi connectivity index (χ3n) is 3.73. The molecule has 0 unspecified atom stereocenters.